The number of hydrogen-bond acceptors (Lipinski definition) is 2. The lowest BCUT2D eigenvalue weighted by Gasteiger charge is -2.13. The average Bonchev–Trinajstić information content (AvgIpc) is 1.87. The summed E-state index contributed by atoms with van der Waals surface area (Å²) in [5.74, 6) is 0. The van der Waals surface area contributed by atoms with Crippen molar-refractivity contribution in [2.45, 2.75) is 18.9 Å². The Morgan fingerprint density at radius 2 is 1.73 bits per heavy atom. The second-order valence-electron chi connectivity index (χ2n) is 1.92. The van der Waals surface area contributed by atoms with Gasteiger partial charge in [-0.05, 0) is 0 Å². The zero-order chi connectivity index (χ0) is 8.85. The van der Waals surface area contributed by atoms with Gasteiger partial charge in [0, 0.05) is 0 Å². The van der Waals surface area contributed by atoms with Gasteiger partial charge in [-0.25, -0.2) is 17.6 Å². The zero-order valence-corrected chi connectivity index (χ0v) is 5.61. The number of aliphatic hydroxyl groups is 1. The van der Waals surface area contributed by atoms with Gasteiger partial charge in [0.2, 0.25) is 0 Å². The molecule has 2 nitrogen and oxygen atoms in total. The van der Waals surface area contributed by atoms with Crippen LogP contribution in [-0.2, 0) is 0 Å². The maximum atomic E-state index is 11.7. The lowest BCUT2D eigenvalue weighted by atomic mass is 10.3. The van der Waals surface area contributed by atoms with Crippen molar-refractivity contribution in [1.82, 2.24) is 5.32 Å². The van der Waals surface area contributed by atoms with E-state index in [1.807, 2.05) is 5.32 Å². The first-order valence-corrected chi connectivity index (χ1v) is 2.98. The van der Waals surface area contributed by atoms with Gasteiger partial charge in [0.05, 0.1) is 19.2 Å². The van der Waals surface area contributed by atoms with Crippen LogP contribution < -0.4 is 5.32 Å². The van der Waals surface area contributed by atoms with E-state index in [0.717, 1.165) is 0 Å². The van der Waals surface area contributed by atoms with Gasteiger partial charge in [-0.1, -0.05) is 0 Å². The first-order chi connectivity index (χ1) is 5.07. The lowest BCUT2D eigenvalue weighted by molar-refractivity contribution is 0.0524. The quantitative estimate of drug-likeness (QED) is 0.595. The predicted molar refractivity (Wildman–Crippen MR) is 30.9 cm³/mol. The summed E-state index contributed by atoms with van der Waals surface area (Å²) in [6.07, 6.45) is -5.50. The Hall–Kier alpha value is -0.360. The molecule has 0 spiro atoms. The standard InChI is InChI=1S/C5H9F4NO/c6-4(7)1-10-3(2-11)5(8)9/h3-5,10-11H,1-2H2. The van der Waals surface area contributed by atoms with Crippen molar-refractivity contribution in [2.75, 3.05) is 13.2 Å². The van der Waals surface area contributed by atoms with Crippen LogP contribution in [-0.4, -0.2) is 37.2 Å². The number of alkyl halides is 4. The fourth-order valence-electron chi connectivity index (χ4n) is 0.474. The Bertz CT molecular complexity index is 100. The molecule has 11 heavy (non-hydrogen) atoms. The van der Waals surface area contributed by atoms with Crippen molar-refractivity contribution < 1.29 is 22.7 Å². The lowest BCUT2D eigenvalue weighted by Crippen LogP contribution is -2.41. The van der Waals surface area contributed by atoms with Crippen LogP contribution in [0.25, 0.3) is 0 Å². The smallest absolute Gasteiger partial charge is 0.255 e. The fourth-order valence-corrected chi connectivity index (χ4v) is 0.474. The molecule has 0 bridgehead atoms. The first-order valence-electron chi connectivity index (χ1n) is 2.98. The summed E-state index contributed by atoms with van der Waals surface area (Å²) >= 11 is 0. The number of nitrogens with one attached hydrogen (secondary N) is 1. The van der Waals surface area contributed by atoms with Crippen molar-refractivity contribution in [3.8, 4) is 0 Å². The predicted octanol–water partition coefficient (Wildman–Crippen LogP) is 0.467. The van der Waals surface area contributed by atoms with E-state index in [1.165, 1.54) is 0 Å². The third kappa shape index (κ3) is 4.97. The Labute approximate surface area is 61.2 Å². The van der Waals surface area contributed by atoms with Gasteiger partial charge in [-0.15, -0.1) is 0 Å². The minimum atomic E-state index is -2.82. The summed E-state index contributed by atoms with van der Waals surface area (Å²) in [5.41, 5.74) is 0. The van der Waals surface area contributed by atoms with Gasteiger partial charge in [-0.2, -0.15) is 0 Å². The molecule has 0 aromatic rings. The second-order valence-corrected chi connectivity index (χ2v) is 1.92. The summed E-state index contributed by atoms with van der Waals surface area (Å²) in [6, 6.07) is -1.55. The molecule has 0 radical (unpaired) electrons. The molecular formula is C5H9F4NO. The van der Waals surface area contributed by atoms with Crippen LogP contribution in [0.1, 0.15) is 0 Å². The molecular weight excluding hydrogens is 166 g/mol. The van der Waals surface area contributed by atoms with Crippen LogP contribution in [0.4, 0.5) is 17.6 Å². The Balaban J connectivity index is 3.52. The van der Waals surface area contributed by atoms with E-state index in [9.17, 15) is 17.6 Å². The van der Waals surface area contributed by atoms with E-state index in [-0.39, 0.29) is 0 Å². The van der Waals surface area contributed by atoms with Gasteiger partial charge in [0.25, 0.3) is 12.9 Å². The van der Waals surface area contributed by atoms with Crippen LogP contribution in [0, 0.1) is 0 Å². The maximum Gasteiger partial charge on any atom is 0.255 e. The van der Waals surface area contributed by atoms with Crippen LogP contribution in [0.2, 0.25) is 0 Å². The molecule has 0 aromatic heterocycles. The van der Waals surface area contributed by atoms with Crippen LogP contribution in [0.15, 0.2) is 0 Å². The summed E-state index contributed by atoms with van der Waals surface area (Å²) < 4.78 is 46.2. The van der Waals surface area contributed by atoms with Crippen molar-refractivity contribution >= 4 is 0 Å². The minimum absolute atomic E-state index is 0.824. The van der Waals surface area contributed by atoms with Crippen LogP contribution in [0.3, 0.4) is 0 Å². The summed E-state index contributed by atoms with van der Waals surface area (Å²) in [7, 11) is 0. The average molecular weight is 175 g/mol. The molecule has 2 N–H and O–H groups in total. The molecule has 1 atom stereocenters. The van der Waals surface area contributed by atoms with Crippen molar-refractivity contribution in [3.63, 3.8) is 0 Å². The molecule has 0 saturated heterocycles. The summed E-state index contributed by atoms with van der Waals surface area (Å²) in [6.45, 7) is -1.67. The highest BCUT2D eigenvalue weighted by Gasteiger charge is 2.19. The molecule has 68 valence electrons. The topological polar surface area (TPSA) is 32.3 Å². The zero-order valence-electron chi connectivity index (χ0n) is 5.61. The summed E-state index contributed by atoms with van der Waals surface area (Å²) in [5, 5.41) is 10.0. The molecule has 0 saturated carbocycles. The van der Waals surface area contributed by atoms with E-state index < -0.39 is 32.0 Å². The molecule has 0 amide bonds. The van der Waals surface area contributed by atoms with Gasteiger partial charge in [0.1, 0.15) is 0 Å². The number of rotatable bonds is 5. The van der Waals surface area contributed by atoms with Crippen LogP contribution >= 0.6 is 0 Å². The molecule has 0 aliphatic rings. The fraction of sp³-hybridized carbons (Fsp3) is 1.00. The highest BCUT2D eigenvalue weighted by atomic mass is 19.3. The number of halogens is 4. The molecule has 6 heteroatoms. The van der Waals surface area contributed by atoms with Gasteiger partial charge >= 0.3 is 0 Å². The SMILES string of the molecule is OCC(NCC(F)F)C(F)F. The molecule has 0 aromatic carbocycles. The number of hydrogen-bond donors (Lipinski definition) is 2. The Morgan fingerprint density at radius 3 is 2.00 bits per heavy atom. The minimum Gasteiger partial charge on any atom is -0.395 e. The van der Waals surface area contributed by atoms with Gasteiger partial charge in [0.15, 0.2) is 0 Å². The monoisotopic (exact) mass is 175 g/mol. The first kappa shape index (κ1) is 10.6. The van der Waals surface area contributed by atoms with E-state index in [2.05, 4.69) is 0 Å². The van der Waals surface area contributed by atoms with E-state index in [4.69, 9.17) is 5.11 Å². The third-order valence-electron chi connectivity index (χ3n) is 1.04. The normalized spacial score (nSPS) is 14.5. The van der Waals surface area contributed by atoms with Crippen molar-refractivity contribution in [2.24, 2.45) is 0 Å². The molecule has 0 aliphatic carbocycles. The van der Waals surface area contributed by atoms with E-state index in [0.29, 0.717) is 0 Å². The van der Waals surface area contributed by atoms with Gasteiger partial charge in [-0.3, -0.25) is 0 Å². The second kappa shape index (κ2) is 5.31. The molecule has 1 unspecified atom stereocenters. The maximum absolute atomic E-state index is 11.7. The Kier molecular flexibility index (Phi) is 5.14. The van der Waals surface area contributed by atoms with Crippen molar-refractivity contribution in [3.05, 3.63) is 0 Å². The van der Waals surface area contributed by atoms with Gasteiger partial charge < -0.3 is 10.4 Å². The molecule has 0 fully saturated rings. The Morgan fingerprint density at radius 1 is 1.18 bits per heavy atom. The molecule has 0 heterocycles. The highest BCUT2D eigenvalue weighted by molar-refractivity contribution is 4.67. The summed E-state index contributed by atoms with van der Waals surface area (Å²) in [4.78, 5) is 0. The molecule has 0 aliphatic heterocycles. The molecule has 0 rings (SSSR count). The highest BCUT2D eigenvalue weighted by Crippen LogP contribution is 2.00. The largest absolute Gasteiger partial charge is 0.395 e. The van der Waals surface area contributed by atoms with E-state index >= 15 is 0 Å². The van der Waals surface area contributed by atoms with E-state index in [1.54, 1.807) is 0 Å². The number of aliphatic hydroxyl groups excluding tert-OH is 1. The van der Waals surface area contributed by atoms with Crippen molar-refractivity contribution in [1.29, 1.82) is 0 Å². The third-order valence-corrected chi connectivity index (χ3v) is 1.04. The van der Waals surface area contributed by atoms with Crippen LogP contribution in [0.5, 0.6) is 0 Å².